The van der Waals surface area contributed by atoms with Gasteiger partial charge >= 0.3 is 0 Å². The lowest BCUT2D eigenvalue weighted by molar-refractivity contribution is 0.669. The molecule has 51 heavy (non-hydrogen) atoms. The summed E-state index contributed by atoms with van der Waals surface area (Å²) in [6, 6.07) is 69.1. The van der Waals surface area contributed by atoms with E-state index >= 15 is 0 Å². The van der Waals surface area contributed by atoms with E-state index in [0.717, 1.165) is 44.6 Å². The summed E-state index contributed by atoms with van der Waals surface area (Å²) in [4.78, 5) is 2.29. The van der Waals surface area contributed by atoms with Gasteiger partial charge in [0.25, 0.3) is 0 Å². The predicted molar refractivity (Wildman–Crippen MR) is 214 cm³/mol. The number of hydrogen-bond acceptors (Lipinski definition) is 2. The number of furan rings is 1. The van der Waals surface area contributed by atoms with Gasteiger partial charge in [0.15, 0.2) is 0 Å². The Kier molecular flexibility index (Phi) is 6.81. The standard InChI is InChI=1S/C48H32N2O/c1-2-15-36(16-3-1)49(38-29-30-43-42-20-7-11-24-47(42)51-48(43)32-38)37-27-25-33(26-28-37)34-13-12-14-35(31-34)39-17-4-8-21-44(39)50-45-22-9-5-18-40(45)41-19-6-10-23-46(41)50/h1-32H. The van der Waals surface area contributed by atoms with E-state index in [0.29, 0.717) is 0 Å². The molecule has 0 unspecified atom stereocenters. The third-order valence-corrected chi connectivity index (χ3v) is 9.99. The van der Waals surface area contributed by atoms with E-state index in [2.05, 4.69) is 191 Å². The Bertz CT molecular complexity index is 2810. The Morgan fingerprint density at radius 2 is 0.941 bits per heavy atom. The summed E-state index contributed by atoms with van der Waals surface area (Å²) in [6.07, 6.45) is 0. The molecule has 0 aliphatic carbocycles. The van der Waals surface area contributed by atoms with Crippen molar-refractivity contribution >= 4 is 60.8 Å². The number of para-hydroxylation sites is 5. The SMILES string of the molecule is c1ccc(N(c2ccc(-c3cccc(-c4ccccc4-n4c5ccccc5c5ccccc54)c3)cc2)c2ccc3c(c2)oc2ccccc23)cc1. The lowest BCUT2D eigenvalue weighted by Crippen LogP contribution is -2.09. The highest BCUT2D eigenvalue weighted by Crippen LogP contribution is 2.40. The van der Waals surface area contributed by atoms with Crippen LogP contribution in [0.5, 0.6) is 0 Å². The van der Waals surface area contributed by atoms with Gasteiger partial charge < -0.3 is 13.9 Å². The molecule has 0 saturated carbocycles. The quantitative estimate of drug-likeness (QED) is 0.178. The monoisotopic (exact) mass is 652 g/mol. The van der Waals surface area contributed by atoms with Crippen molar-refractivity contribution in [2.24, 2.45) is 0 Å². The van der Waals surface area contributed by atoms with Gasteiger partial charge in [0.1, 0.15) is 11.2 Å². The van der Waals surface area contributed by atoms with Crippen molar-refractivity contribution in [2.75, 3.05) is 4.90 Å². The third kappa shape index (κ3) is 4.90. The number of fused-ring (bicyclic) bond motifs is 6. The van der Waals surface area contributed by atoms with Crippen LogP contribution in [0.15, 0.2) is 199 Å². The minimum atomic E-state index is 0.879. The number of aromatic nitrogens is 1. The van der Waals surface area contributed by atoms with E-state index in [-0.39, 0.29) is 0 Å². The number of hydrogen-bond donors (Lipinski definition) is 0. The van der Waals surface area contributed by atoms with Crippen molar-refractivity contribution in [2.45, 2.75) is 0 Å². The summed E-state index contributed by atoms with van der Waals surface area (Å²) in [7, 11) is 0. The van der Waals surface area contributed by atoms with Gasteiger partial charge in [-0.05, 0) is 83.4 Å². The van der Waals surface area contributed by atoms with E-state index in [1.165, 1.54) is 44.2 Å². The maximum absolute atomic E-state index is 6.29. The summed E-state index contributed by atoms with van der Waals surface area (Å²) >= 11 is 0. The molecule has 0 atom stereocenters. The van der Waals surface area contributed by atoms with Crippen LogP contribution in [-0.4, -0.2) is 4.57 Å². The van der Waals surface area contributed by atoms with Gasteiger partial charge in [-0.1, -0.05) is 121 Å². The molecule has 240 valence electrons. The van der Waals surface area contributed by atoms with Gasteiger partial charge in [-0.2, -0.15) is 0 Å². The predicted octanol–water partition coefficient (Wildman–Crippen LogP) is 13.5. The molecule has 10 aromatic rings. The van der Waals surface area contributed by atoms with Gasteiger partial charge in [-0.25, -0.2) is 0 Å². The first-order valence-electron chi connectivity index (χ1n) is 17.4. The largest absolute Gasteiger partial charge is 0.456 e. The van der Waals surface area contributed by atoms with Crippen molar-refractivity contribution in [3.8, 4) is 27.9 Å². The molecule has 0 amide bonds. The molecule has 2 heterocycles. The summed E-state index contributed by atoms with van der Waals surface area (Å²) in [5, 5.41) is 4.78. The fourth-order valence-electron chi connectivity index (χ4n) is 7.64. The normalized spacial score (nSPS) is 11.5. The van der Waals surface area contributed by atoms with Gasteiger partial charge in [-0.3, -0.25) is 0 Å². The average molecular weight is 653 g/mol. The Labute approximate surface area is 295 Å². The zero-order valence-electron chi connectivity index (χ0n) is 27.8. The highest BCUT2D eigenvalue weighted by Gasteiger charge is 2.17. The second-order valence-electron chi connectivity index (χ2n) is 13.0. The van der Waals surface area contributed by atoms with Crippen LogP contribution in [-0.2, 0) is 0 Å². The second-order valence-corrected chi connectivity index (χ2v) is 13.0. The Morgan fingerprint density at radius 3 is 1.73 bits per heavy atom. The molecule has 0 N–H and O–H groups in total. The molecule has 0 bridgehead atoms. The minimum absolute atomic E-state index is 0.879. The maximum atomic E-state index is 6.29. The van der Waals surface area contributed by atoms with Gasteiger partial charge in [0, 0.05) is 50.2 Å². The first kappa shape index (κ1) is 29.1. The number of nitrogens with zero attached hydrogens (tertiary/aromatic N) is 2. The molecule has 0 radical (unpaired) electrons. The van der Waals surface area contributed by atoms with Crippen molar-refractivity contribution in [1.82, 2.24) is 4.57 Å². The van der Waals surface area contributed by atoms with Crippen LogP contribution < -0.4 is 4.90 Å². The van der Waals surface area contributed by atoms with Gasteiger partial charge in [0.2, 0.25) is 0 Å². The molecule has 0 spiro atoms. The Morgan fingerprint density at radius 1 is 0.353 bits per heavy atom. The summed E-state index contributed by atoms with van der Waals surface area (Å²) < 4.78 is 8.69. The van der Waals surface area contributed by atoms with Crippen LogP contribution in [0.3, 0.4) is 0 Å². The van der Waals surface area contributed by atoms with Gasteiger partial charge in [0.05, 0.1) is 16.7 Å². The van der Waals surface area contributed by atoms with Crippen LogP contribution in [0.1, 0.15) is 0 Å². The van der Waals surface area contributed by atoms with E-state index in [9.17, 15) is 0 Å². The lowest BCUT2D eigenvalue weighted by Gasteiger charge is -2.25. The van der Waals surface area contributed by atoms with E-state index in [1.54, 1.807) is 0 Å². The lowest BCUT2D eigenvalue weighted by atomic mass is 9.97. The summed E-state index contributed by atoms with van der Waals surface area (Å²) in [6.45, 7) is 0. The van der Waals surface area contributed by atoms with Crippen LogP contribution in [0, 0.1) is 0 Å². The molecular formula is C48H32N2O. The zero-order chi connectivity index (χ0) is 33.7. The minimum Gasteiger partial charge on any atom is -0.456 e. The number of anilines is 3. The molecular weight excluding hydrogens is 621 g/mol. The van der Waals surface area contributed by atoms with Crippen LogP contribution in [0.25, 0.3) is 71.7 Å². The molecule has 0 saturated heterocycles. The zero-order valence-corrected chi connectivity index (χ0v) is 27.8. The molecule has 3 nitrogen and oxygen atoms in total. The molecule has 0 fully saturated rings. The van der Waals surface area contributed by atoms with Crippen molar-refractivity contribution < 1.29 is 4.42 Å². The Balaban J connectivity index is 1.04. The van der Waals surface area contributed by atoms with Crippen LogP contribution >= 0.6 is 0 Å². The molecule has 3 heteroatoms. The Hall–Kier alpha value is -6.84. The number of rotatable bonds is 6. The second kappa shape index (κ2) is 11.9. The average Bonchev–Trinajstić information content (AvgIpc) is 3.74. The summed E-state index contributed by atoms with van der Waals surface area (Å²) in [5.74, 6) is 0. The first-order chi connectivity index (χ1) is 25.3. The molecule has 0 aliphatic heterocycles. The fourth-order valence-corrected chi connectivity index (χ4v) is 7.64. The fraction of sp³-hybridized carbons (Fsp3) is 0. The highest BCUT2D eigenvalue weighted by atomic mass is 16.3. The molecule has 10 rings (SSSR count). The van der Waals surface area contributed by atoms with Crippen molar-refractivity contribution in [3.05, 3.63) is 194 Å². The highest BCUT2D eigenvalue weighted by molar-refractivity contribution is 6.10. The topological polar surface area (TPSA) is 21.3 Å². The van der Waals surface area contributed by atoms with E-state index < -0.39 is 0 Å². The molecule has 0 aliphatic rings. The van der Waals surface area contributed by atoms with Crippen LogP contribution in [0.2, 0.25) is 0 Å². The van der Waals surface area contributed by atoms with E-state index in [4.69, 9.17) is 4.42 Å². The molecule has 8 aromatic carbocycles. The smallest absolute Gasteiger partial charge is 0.137 e. The molecule has 2 aromatic heterocycles. The third-order valence-electron chi connectivity index (χ3n) is 9.99. The van der Waals surface area contributed by atoms with Crippen LogP contribution in [0.4, 0.5) is 17.1 Å². The van der Waals surface area contributed by atoms with Gasteiger partial charge in [-0.15, -0.1) is 0 Å². The van der Waals surface area contributed by atoms with Crippen molar-refractivity contribution in [1.29, 1.82) is 0 Å². The van der Waals surface area contributed by atoms with E-state index in [1.807, 2.05) is 12.1 Å². The first-order valence-corrected chi connectivity index (χ1v) is 17.4. The number of benzene rings is 8. The maximum Gasteiger partial charge on any atom is 0.137 e. The van der Waals surface area contributed by atoms with Crippen molar-refractivity contribution in [3.63, 3.8) is 0 Å². The summed E-state index contributed by atoms with van der Waals surface area (Å²) in [5.41, 5.74) is 13.3.